The molecule has 0 radical (unpaired) electrons. The molecular weight excluding hydrogens is 382 g/mol. The van der Waals surface area contributed by atoms with E-state index in [4.69, 9.17) is 21.1 Å². The van der Waals surface area contributed by atoms with Crippen molar-refractivity contribution >= 4 is 23.4 Å². The Morgan fingerprint density at radius 3 is 2.86 bits per heavy atom. The van der Waals surface area contributed by atoms with Gasteiger partial charge in [0, 0.05) is 23.2 Å². The highest BCUT2D eigenvalue weighted by molar-refractivity contribution is 6.31. The van der Waals surface area contributed by atoms with E-state index in [1.54, 1.807) is 16.7 Å². The van der Waals surface area contributed by atoms with Gasteiger partial charge in [0.25, 0.3) is 0 Å². The highest BCUT2D eigenvalue weighted by Crippen LogP contribution is 2.37. The van der Waals surface area contributed by atoms with E-state index < -0.39 is 0 Å². The minimum Gasteiger partial charge on any atom is -0.454 e. The Morgan fingerprint density at radius 1 is 1.14 bits per heavy atom. The molecule has 8 nitrogen and oxygen atoms in total. The molecule has 28 heavy (non-hydrogen) atoms. The van der Waals surface area contributed by atoms with Crippen LogP contribution in [0.5, 0.6) is 11.5 Å². The molecule has 0 spiro atoms. The fourth-order valence-corrected chi connectivity index (χ4v) is 4.07. The van der Waals surface area contributed by atoms with Crippen LogP contribution in [0.3, 0.4) is 0 Å². The number of hydrogen-bond donors (Lipinski definition) is 0. The first kappa shape index (κ1) is 15.8. The normalized spacial score (nSPS) is 15.9. The van der Waals surface area contributed by atoms with Crippen LogP contribution in [-0.2, 0) is 6.54 Å². The van der Waals surface area contributed by atoms with Crippen LogP contribution < -0.4 is 20.1 Å². The second-order valence-corrected chi connectivity index (χ2v) is 7.15. The second-order valence-electron chi connectivity index (χ2n) is 6.75. The van der Waals surface area contributed by atoms with Crippen LogP contribution in [0, 0.1) is 0 Å². The van der Waals surface area contributed by atoms with Crippen molar-refractivity contribution in [2.24, 2.45) is 4.99 Å². The SMILES string of the molecule is O=c1n(Cc2cc3c(cc2Cl)OCO3)nc2n1-c1ccccc1C1=NCCN12. The van der Waals surface area contributed by atoms with Crippen molar-refractivity contribution in [2.75, 3.05) is 24.8 Å². The van der Waals surface area contributed by atoms with Gasteiger partial charge in [0.15, 0.2) is 11.5 Å². The summed E-state index contributed by atoms with van der Waals surface area (Å²) >= 11 is 6.39. The number of hydrogen-bond acceptors (Lipinski definition) is 6. The lowest BCUT2D eigenvalue weighted by atomic mass is 10.1. The van der Waals surface area contributed by atoms with Crippen molar-refractivity contribution in [3.05, 3.63) is 63.0 Å². The standard InChI is InChI=1S/C19H14ClN5O3/c20-13-8-16-15(27-10-28-16)7-11(13)9-24-19(26)25-14-4-2-1-3-12(14)17-21-5-6-23(17)18(25)22-24/h1-4,7-8H,5-6,9-10H2. The molecule has 0 saturated carbocycles. The summed E-state index contributed by atoms with van der Waals surface area (Å²) in [5.41, 5.74) is 2.26. The quantitative estimate of drug-likeness (QED) is 0.664. The summed E-state index contributed by atoms with van der Waals surface area (Å²) in [5, 5.41) is 5.11. The third-order valence-electron chi connectivity index (χ3n) is 5.15. The van der Waals surface area contributed by atoms with Crippen LogP contribution in [0.2, 0.25) is 5.02 Å². The van der Waals surface area contributed by atoms with Gasteiger partial charge in [-0.05, 0) is 23.8 Å². The monoisotopic (exact) mass is 395 g/mol. The first-order valence-electron chi connectivity index (χ1n) is 8.90. The second kappa shape index (κ2) is 5.62. The number of benzene rings is 2. The summed E-state index contributed by atoms with van der Waals surface area (Å²) in [6.45, 7) is 1.78. The zero-order valence-corrected chi connectivity index (χ0v) is 15.4. The van der Waals surface area contributed by atoms with Crippen molar-refractivity contribution < 1.29 is 9.47 Å². The summed E-state index contributed by atoms with van der Waals surface area (Å²) in [5.74, 6) is 2.67. The summed E-state index contributed by atoms with van der Waals surface area (Å²) in [4.78, 5) is 19.8. The fourth-order valence-electron chi connectivity index (χ4n) is 3.86. The molecule has 0 fully saturated rings. The van der Waals surface area contributed by atoms with E-state index in [-0.39, 0.29) is 19.0 Å². The first-order valence-corrected chi connectivity index (χ1v) is 9.28. The number of halogens is 1. The maximum Gasteiger partial charge on any atom is 0.352 e. The molecule has 3 aromatic rings. The predicted molar refractivity (Wildman–Crippen MR) is 103 cm³/mol. The largest absolute Gasteiger partial charge is 0.454 e. The summed E-state index contributed by atoms with van der Waals surface area (Å²) in [6.07, 6.45) is 0. The number of aliphatic imine (C=N–C) groups is 1. The van der Waals surface area contributed by atoms with Crippen molar-refractivity contribution in [1.29, 1.82) is 0 Å². The van der Waals surface area contributed by atoms with E-state index >= 15 is 0 Å². The minimum absolute atomic E-state index is 0.168. The zero-order valence-electron chi connectivity index (χ0n) is 14.6. The van der Waals surface area contributed by atoms with Gasteiger partial charge in [0.2, 0.25) is 12.7 Å². The number of para-hydroxylation sites is 1. The van der Waals surface area contributed by atoms with E-state index in [0.717, 1.165) is 22.6 Å². The summed E-state index contributed by atoms with van der Waals surface area (Å²) in [7, 11) is 0. The van der Waals surface area contributed by atoms with Gasteiger partial charge in [-0.15, -0.1) is 5.10 Å². The van der Waals surface area contributed by atoms with Crippen LogP contribution in [0.15, 0.2) is 46.2 Å². The van der Waals surface area contributed by atoms with Gasteiger partial charge in [-0.1, -0.05) is 23.7 Å². The fraction of sp³-hybridized carbons (Fsp3) is 0.211. The van der Waals surface area contributed by atoms with Crippen LogP contribution in [0.25, 0.3) is 5.69 Å². The molecule has 3 aliphatic heterocycles. The van der Waals surface area contributed by atoms with Gasteiger partial charge in [-0.2, -0.15) is 0 Å². The van der Waals surface area contributed by atoms with Gasteiger partial charge in [-0.25, -0.2) is 14.0 Å². The Bertz CT molecular complexity index is 1230. The van der Waals surface area contributed by atoms with Gasteiger partial charge < -0.3 is 9.47 Å². The third-order valence-corrected chi connectivity index (χ3v) is 5.50. The molecule has 0 aliphatic carbocycles. The van der Waals surface area contributed by atoms with Gasteiger partial charge >= 0.3 is 5.69 Å². The zero-order chi connectivity index (χ0) is 18.8. The van der Waals surface area contributed by atoms with Crippen molar-refractivity contribution in [3.63, 3.8) is 0 Å². The molecule has 6 rings (SSSR count). The molecule has 3 aliphatic rings. The van der Waals surface area contributed by atoms with E-state index in [9.17, 15) is 4.79 Å². The number of rotatable bonds is 2. The summed E-state index contributed by atoms with van der Waals surface area (Å²) in [6, 6.07) is 11.3. The Labute approximate surface area is 164 Å². The highest BCUT2D eigenvalue weighted by Gasteiger charge is 2.34. The minimum atomic E-state index is -0.220. The smallest absolute Gasteiger partial charge is 0.352 e. The third kappa shape index (κ3) is 2.09. The van der Waals surface area contributed by atoms with Crippen LogP contribution in [0.1, 0.15) is 11.1 Å². The van der Waals surface area contributed by atoms with Crippen molar-refractivity contribution in [2.45, 2.75) is 6.54 Å². The van der Waals surface area contributed by atoms with E-state index in [0.29, 0.717) is 35.6 Å². The topological polar surface area (TPSA) is 73.9 Å². The van der Waals surface area contributed by atoms with E-state index in [2.05, 4.69) is 10.1 Å². The molecule has 0 amide bonds. The number of amidine groups is 1. The lowest BCUT2D eigenvalue weighted by molar-refractivity contribution is 0.174. The molecular formula is C19H14ClN5O3. The Kier molecular flexibility index (Phi) is 3.16. The molecule has 1 aromatic heterocycles. The molecule has 2 aromatic carbocycles. The molecule has 9 heteroatoms. The maximum absolute atomic E-state index is 13.2. The Hall–Kier alpha value is -3.26. The molecule has 0 bridgehead atoms. The maximum atomic E-state index is 13.2. The van der Waals surface area contributed by atoms with Gasteiger partial charge in [0.1, 0.15) is 5.84 Å². The van der Waals surface area contributed by atoms with Gasteiger partial charge in [-0.3, -0.25) is 9.89 Å². The molecule has 0 unspecified atom stereocenters. The average Bonchev–Trinajstić information content (AvgIpc) is 3.42. The van der Waals surface area contributed by atoms with Crippen LogP contribution in [-0.4, -0.2) is 40.1 Å². The molecule has 0 N–H and O–H groups in total. The first-order chi connectivity index (χ1) is 13.7. The van der Waals surface area contributed by atoms with Crippen LogP contribution >= 0.6 is 11.6 Å². The van der Waals surface area contributed by atoms with Crippen LogP contribution in [0.4, 0.5) is 5.95 Å². The van der Waals surface area contributed by atoms with Gasteiger partial charge in [0.05, 0.1) is 18.8 Å². The number of ether oxygens (including phenoxy) is 2. The number of anilines is 1. The predicted octanol–water partition coefficient (Wildman–Crippen LogP) is 2.04. The Balaban J connectivity index is 1.49. The Morgan fingerprint density at radius 2 is 1.96 bits per heavy atom. The number of nitrogens with zero attached hydrogens (tertiary/aromatic N) is 5. The lowest BCUT2D eigenvalue weighted by Crippen LogP contribution is -2.37. The number of fused-ring (bicyclic) bond motifs is 7. The van der Waals surface area contributed by atoms with Crippen molar-refractivity contribution in [1.82, 2.24) is 14.3 Å². The molecule has 4 heterocycles. The highest BCUT2D eigenvalue weighted by atomic mass is 35.5. The number of aromatic nitrogens is 3. The van der Waals surface area contributed by atoms with Crippen molar-refractivity contribution in [3.8, 4) is 17.2 Å². The summed E-state index contributed by atoms with van der Waals surface area (Å²) < 4.78 is 13.8. The van der Waals surface area contributed by atoms with E-state index in [1.807, 2.05) is 29.2 Å². The lowest BCUT2D eigenvalue weighted by Gasteiger charge is -2.26. The molecule has 0 atom stereocenters. The molecule has 140 valence electrons. The molecule has 0 saturated heterocycles. The average molecular weight is 396 g/mol. The van der Waals surface area contributed by atoms with E-state index in [1.165, 1.54) is 4.68 Å².